The Morgan fingerprint density at radius 1 is 1.56 bits per heavy atom. The van der Waals surface area contributed by atoms with Crippen LogP contribution in [0.15, 0.2) is 30.9 Å². The van der Waals surface area contributed by atoms with Gasteiger partial charge in [-0.1, -0.05) is 17.7 Å². The highest BCUT2D eigenvalue weighted by molar-refractivity contribution is 6.33. The van der Waals surface area contributed by atoms with Gasteiger partial charge in [0, 0.05) is 18.9 Å². The van der Waals surface area contributed by atoms with E-state index in [4.69, 9.17) is 11.6 Å². The summed E-state index contributed by atoms with van der Waals surface area (Å²) in [7, 11) is 0. The fraction of sp³-hybridized carbons (Fsp3) is 0.250. The highest BCUT2D eigenvalue weighted by Gasteiger charge is 2.29. The summed E-state index contributed by atoms with van der Waals surface area (Å²) in [4.78, 5) is 13.3. The Labute approximate surface area is 98.3 Å². The van der Waals surface area contributed by atoms with Crippen LogP contribution in [0.3, 0.4) is 0 Å². The van der Waals surface area contributed by atoms with Gasteiger partial charge in [-0.25, -0.2) is 4.39 Å². The largest absolute Gasteiger partial charge is 0.310 e. The minimum absolute atomic E-state index is 0.00147. The third kappa shape index (κ3) is 1.95. The number of hydrogen-bond donors (Lipinski definition) is 0. The normalized spacial score (nSPS) is 20.2. The van der Waals surface area contributed by atoms with Gasteiger partial charge in [0.25, 0.3) is 0 Å². The summed E-state index contributed by atoms with van der Waals surface area (Å²) >= 11 is 5.91. The van der Waals surface area contributed by atoms with Crippen molar-refractivity contribution in [2.45, 2.75) is 6.42 Å². The molecule has 0 radical (unpaired) electrons. The van der Waals surface area contributed by atoms with Crippen LogP contribution < -0.4 is 4.90 Å². The van der Waals surface area contributed by atoms with Crippen LogP contribution in [-0.2, 0) is 4.79 Å². The zero-order valence-electron chi connectivity index (χ0n) is 8.62. The number of nitrogens with zero attached hydrogens (tertiary/aromatic N) is 1. The maximum Gasteiger partial charge on any atom is 0.227 e. The average molecular weight is 240 g/mol. The molecule has 2 rings (SSSR count). The van der Waals surface area contributed by atoms with Gasteiger partial charge in [0.2, 0.25) is 5.91 Å². The van der Waals surface area contributed by atoms with Crippen molar-refractivity contribution in [3.05, 3.63) is 41.7 Å². The van der Waals surface area contributed by atoms with Crippen molar-refractivity contribution in [3.8, 4) is 0 Å². The maximum atomic E-state index is 12.9. The van der Waals surface area contributed by atoms with Gasteiger partial charge >= 0.3 is 0 Å². The summed E-state index contributed by atoms with van der Waals surface area (Å²) in [6.45, 7) is 4.23. The molecular formula is C12H11ClFNO. The van der Waals surface area contributed by atoms with E-state index < -0.39 is 5.82 Å². The molecule has 0 bridgehead atoms. The highest BCUT2D eigenvalue weighted by Crippen LogP contribution is 2.31. The van der Waals surface area contributed by atoms with Gasteiger partial charge < -0.3 is 4.90 Å². The van der Waals surface area contributed by atoms with Crippen LogP contribution in [0, 0.1) is 11.7 Å². The monoisotopic (exact) mass is 239 g/mol. The Balaban J connectivity index is 2.31. The van der Waals surface area contributed by atoms with Crippen molar-refractivity contribution >= 4 is 23.2 Å². The van der Waals surface area contributed by atoms with E-state index in [1.165, 1.54) is 18.2 Å². The molecule has 0 saturated carbocycles. The molecule has 0 aliphatic carbocycles. The second-order valence-electron chi connectivity index (χ2n) is 3.80. The van der Waals surface area contributed by atoms with Crippen LogP contribution in [0.5, 0.6) is 0 Å². The molecule has 0 spiro atoms. The first kappa shape index (κ1) is 11.1. The lowest BCUT2D eigenvalue weighted by molar-refractivity contribution is -0.117. The average Bonchev–Trinajstić information content (AvgIpc) is 2.60. The minimum atomic E-state index is -0.402. The lowest BCUT2D eigenvalue weighted by Crippen LogP contribution is -2.24. The maximum absolute atomic E-state index is 12.9. The summed E-state index contributed by atoms with van der Waals surface area (Å²) in [6, 6.07) is 4.04. The number of benzene rings is 1. The highest BCUT2D eigenvalue weighted by atomic mass is 35.5. The molecule has 4 heteroatoms. The third-order valence-corrected chi connectivity index (χ3v) is 2.99. The zero-order chi connectivity index (χ0) is 11.7. The molecule has 1 heterocycles. The number of rotatable bonds is 2. The van der Waals surface area contributed by atoms with E-state index in [0.29, 0.717) is 18.7 Å². The molecular weight excluding hydrogens is 229 g/mol. The van der Waals surface area contributed by atoms with Gasteiger partial charge in [-0.15, -0.1) is 6.58 Å². The molecule has 1 aliphatic heterocycles. The smallest absolute Gasteiger partial charge is 0.227 e. The Hall–Kier alpha value is -1.35. The van der Waals surface area contributed by atoms with Crippen LogP contribution in [-0.4, -0.2) is 12.5 Å². The van der Waals surface area contributed by atoms with Crippen molar-refractivity contribution in [2.24, 2.45) is 5.92 Å². The van der Waals surface area contributed by atoms with Crippen molar-refractivity contribution < 1.29 is 9.18 Å². The summed E-state index contributed by atoms with van der Waals surface area (Å²) in [5.41, 5.74) is 0.567. The predicted octanol–water partition coefficient (Wildman–Crippen LogP) is 3.02. The quantitative estimate of drug-likeness (QED) is 0.727. The van der Waals surface area contributed by atoms with Crippen LogP contribution in [0.25, 0.3) is 0 Å². The SMILES string of the molecule is C=CC1CC(=O)N(c2ccc(F)cc2Cl)C1. The molecule has 16 heavy (non-hydrogen) atoms. The summed E-state index contributed by atoms with van der Waals surface area (Å²) < 4.78 is 12.9. The molecule has 1 saturated heterocycles. The molecule has 1 aromatic carbocycles. The molecule has 1 aliphatic rings. The lowest BCUT2D eigenvalue weighted by Gasteiger charge is -2.17. The second-order valence-corrected chi connectivity index (χ2v) is 4.21. The first-order chi connectivity index (χ1) is 7.61. The summed E-state index contributed by atoms with van der Waals surface area (Å²) in [5.74, 6) is -0.257. The second kappa shape index (κ2) is 4.26. The number of anilines is 1. The number of hydrogen-bond acceptors (Lipinski definition) is 1. The molecule has 0 N–H and O–H groups in total. The van der Waals surface area contributed by atoms with Crippen LogP contribution in [0.4, 0.5) is 10.1 Å². The van der Waals surface area contributed by atoms with Crippen molar-refractivity contribution in [1.29, 1.82) is 0 Å². The van der Waals surface area contributed by atoms with E-state index >= 15 is 0 Å². The van der Waals surface area contributed by atoms with Crippen LogP contribution >= 0.6 is 11.6 Å². The van der Waals surface area contributed by atoms with Gasteiger partial charge in [0.05, 0.1) is 10.7 Å². The first-order valence-corrected chi connectivity index (χ1v) is 5.37. The van der Waals surface area contributed by atoms with E-state index in [9.17, 15) is 9.18 Å². The first-order valence-electron chi connectivity index (χ1n) is 5.00. The Morgan fingerprint density at radius 3 is 2.88 bits per heavy atom. The number of carbonyl (C=O) groups is 1. The Kier molecular flexibility index (Phi) is 2.97. The number of carbonyl (C=O) groups excluding carboxylic acids is 1. The van der Waals surface area contributed by atoms with Crippen molar-refractivity contribution in [3.63, 3.8) is 0 Å². The molecule has 1 unspecified atom stereocenters. The van der Waals surface area contributed by atoms with Gasteiger partial charge in [-0.2, -0.15) is 0 Å². The van der Waals surface area contributed by atoms with Crippen LogP contribution in [0.1, 0.15) is 6.42 Å². The zero-order valence-corrected chi connectivity index (χ0v) is 9.38. The predicted molar refractivity (Wildman–Crippen MR) is 62.1 cm³/mol. The molecule has 1 atom stereocenters. The molecule has 1 fully saturated rings. The molecule has 84 valence electrons. The molecule has 0 aromatic heterocycles. The van der Waals surface area contributed by atoms with Gasteiger partial charge in [-0.3, -0.25) is 4.79 Å². The van der Waals surface area contributed by atoms with E-state index in [0.717, 1.165) is 0 Å². The van der Waals surface area contributed by atoms with E-state index in [1.54, 1.807) is 11.0 Å². The number of amides is 1. The van der Waals surface area contributed by atoms with E-state index in [2.05, 4.69) is 6.58 Å². The Morgan fingerprint density at radius 2 is 2.31 bits per heavy atom. The van der Waals surface area contributed by atoms with Gasteiger partial charge in [-0.05, 0) is 18.2 Å². The fourth-order valence-electron chi connectivity index (χ4n) is 1.83. The summed E-state index contributed by atoms with van der Waals surface area (Å²) in [6.07, 6.45) is 2.20. The summed E-state index contributed by atoms with van der Waals surface area (Å²) in [5, 5.41) is 0.262. The lowest BCUT2D eigenvalue weighted by atomic mass is 10.1. The van der Waals surface area contributed by atoms with Crippen molar-refractivity contribution in [1.82, 2.24) is 0 Å². The standard InChI is InChI=1S/C12H11ClFNO/c1-2-8-5-12(16)15(7-8)11-4-3-9(14)6-10(11)13/h2-4,6,8H,1,5,7H2. The van der Waals surface area contributed by atoms with Gasteiger partial charge in [0.15, 0.2) is 0 Å². The molecule has 1 aromatic rings. The van der Waals surface area contributed by atoms with E-state index in [-0.39, 0.29) is 16.8 Å². The van der Waals surface area contributed by atoms with E-state index in [1.807, 2.05) is 0 Å². The van der Waals surface area contributed by atoms with Crippen LogP contribution in [0.2, 0.25) is 5.02 Å². The fourth-order valence-corrected chi connectivity index (χ4v) is 2.10. The minimum Gasteiger partial charge on any atom is -0.310 e. The van der Waals surface area contributed by atoms with Gasteiger partial charge in [0.1, 0.15) is 5.82 Å². The topological polar surface area (TPSA) is 20.3 Å². The third-order valence-electron chi connectivity index (χ3n) is 2.69. The molecule has 2 nitrogen and oxygen atoms in total. The number of halogens is 2. The Bertz CT molecular complexity index is 447. The van der Waals surface area contributed by atoms with Crippen molar-refractivity contribution in [2.75, 3.05) is 11.4 Å². The molecule has 1 amide bonds.